The summed E-state index contributed by atoms with van der Waals surface area (Å²) >= 11 is 0. The maximum Gasteiger partial charge on any atom is 0.0911 e. The molecule has 0 bridgehead atoms. The number of nitrogens with zero attached hydrogens (tertiary/aromatic N) is 1. The van der Waals surface area contributed by atoms with Gasteiger partial charge in [-0.05, 0) is 38.0 Å². The number of nitriles is 1. The Morgan fingerprint density at radius 2 is 2.00 bits per heavy atom. The molecule has 0 spiro atoms. The lowest BCUT2D eigenvalue weighted by Crippen LogP contribution is -2.00. The molecule has 1 nitrogen and oxygen atoms in total. The summed E-state index contributed by atoms with van der Waals surface area (Å²) in [5.41, 5.74) is 1.21. The third kappa shape index (κ3) is 7.59. The molecule has 1 heteroatoms. The first-order chi connectivity index (χ1) is 6.06. The van der Waals surface area contributed by atoms with Crippen LogP contribution >= 0.6 is 0 Å². The van der Waals surface area contributed by atoms with E-state index in [0.717, 1.165) is 18.3 Å². The molecule has 0 aliphatic rings. The van der Waals surface area contributed by atoms with Crippen molar-refractivity contribution in [1.29, 1.82) is 5.26 Å². The Kier molecular flexibility index (Phi) is 6.32. The smallest absolute Gasteiger partial charge is 0.0911 e. The Bertz CT molecular complexity index is 196. The first-order valence-corrected chi connectivity index (χ1v) is 5.11. The Morgan fingerprint density at radius 3 is 2.46 bits per heavy atom. The van der Waals surface area contributed by atoms with E-state index in [1.807, 2.05) is 6.92 Å². The van der Waals surface area contributed by atoms with Gasteiger partial charge in [0.1, 0.15) is 0 Å². The van der Waals surface area contributed by atoms with Crippen LogP contribution in [-0.2, 0) is 0 Å². The molecule has 0 N–H and O–H groups in total. The topological polar surface area (TPSA) is 23.8 Å². The van der Waals surface area contributed by atoms with Crippen LogP contribution in [0.2, 0.25) is 0 Å². The molecule has 1 atom stereocenters. The van der Waals surface area contributed by atoms with Gasteiger partial charge in [-0.1, -0.05) is 26.3 Å². The molecular weight excluding hydrogens is 158 g/mol. The average molecular weight is 179 g/mol. The summed E-state index contributed by atoms with van der Waals surface area (Å²) in [5, 5.41) is 8.42. The highest BCUT2D eigenvalue weighted by Gasteiger charge is 2.04. The SMILES string of the molecule is C/C(=C/C#N)CC[C@H](C)CC(C)C. The van der Waals surface area contributed by atoms with Crippen LogP contribution in [0.15, 0.2) is 11.6 Å². The molecule has 0 saturated heterocycles. The molecule has 0 amide bonds. The maximum atomic E-state index is 8.42. The lowest BCUT2D eigenvalue weighted by Gasteiger charge is -2.13. The number of rotatable bonds is 5. The van der Waals surface area contributed by atoms with Crippen molar-refractivity contribution in [2.45, 2.75) is 47.0 Å². The Labute approximate surface area is 82.5 Å². The van der Waals surface area contributed by atoms with E-state index in [1.165, 1.54) is 18.4 Å². The Morgan fingerprint density at radius 1 is 1.38 bits per heavy atom. The molecule has 0 fully saturated rings. The fourth-order valence-corrected chi connectivity index (χ4v) is 1.58. The van der Waals surface area contributed by atoms with E-state index in [9.17, 15) is 0 Å². The molecule has 0 aliphatic carbocycles. The monoisotopic (exact) mass is 179 g/mol. The first kappa shape index (κ1) is 12.2. The highest BCUT2D eigenvalue weighted by molar-refractivity contribution is 5.10. The second-order valence-electron chi connectivity index (χ2n) is 4.39. The van der Waals surface area contributed by atoms with E-state index < -0.39 is 0 Å². The minimum Gasteiger partial charge on any atom is -0.193 e. The Hall–Kier alpha value is -0.770. The summed E-state index contributed by atoms with van der Waals surface area (Å²) in [6.07, 6.45) is 5.23. The molecular formula is C12H21N. The third-order valence-electron chi connectivity index (χ3n) is 2.22. The number of hydrogen-bond acceptors (Lipinski definition) is 1. The van der Waals surface area contributed by atoms with Gasteiger partial charge in [0.05, 0.1) is 6.07 Å². The van der Waals surface area contributed by atoms with Crippen LogP contribution in [0.3, 0.4) is 0 Å². The van der Waals surface area contributed by atoms with E-state index in [-0.39, 0.29) is 0 Å². The van der Waals surface area contributed by atoms with Crippen molar-refractivity contribution in [2.24, 2.45) is 11.8 Å². The standard InChI is InChI=1S/C12H21N/c1-10(2)9-12(4)6-5-11(3)7-8-13/h7,10,12H,5-6,9H2,1-4H3/b11-7-/t12-/m0/s1. The summed E-state index contributed by atoms with van der Waals surface area (Å²) in [6.45, 7) is 8.84. The molecule has 0 aromatic carbocycles. The van der Waals surface area contributed by atoms with E-state index in [1.54, 1.807) is 6.08 Å². The van der Waals surface area contributed by atoms with E-state index >= 15 is 0 Å². The zero-order valence-corrected chi connectivity index (χ0v) is 9.30. The van der Waals surface area contributed by atoms with Gasteiger partial charge in [0.2, 0.25) is 0 Å². The van der Waals surface area contributed by atoms with Gasteiger partial charge in [-0.3, -0.25) is 0 Å². The summed E-state index contributed by atoms with van der Waals surface area (Å²) in [7, 11) is 0. The van der Waals surface area contributed by atoms with Crippen molar-refractivity contribution in [3.05, 3.63) is 11.6 Å². The highest BCUT2D eigenvalue weighted by Crippen LogP contribution is 2.18. The van der Waals surface area contributed by atoms with Crippen LogP contribution < -0.4 is 0 Å². The van der Waals surface area contributed by atoms with E-state index in [0.29, 0.717) is 0 Å². The van der Waals surface area contributed by atoms with Crippen LogP contribution in [-0.4, -0.2) is 0 Å². The zero-order chi connectivity index (χ0) is 10.3. The van der Waals surface area contributed by atoms with E-state index in [2.05, 4.69) is 26.8 Å². The van der Waals surface area contributed by atoms with Gasteiger partial charge in [-0.2, -0.15) is 5.26 Å². The van der Waals surface area contributed by atoms with Gasteiger partial charge in [-0.15, -0.1) is 0 Å². The molecule has 0 rings (SSSR count). The molecule has 0 unspecified atom stereocenters. The lowest BCUT2D eigenvalue weighted by atomic mass is 9.93. The van der Waals surface area contributed by atoms with E-state index in [4.69, 9.17) is 5.26 Å². The van der Waals surface area contributed by atoms with Crippen molar-refractivity contribution >= 4 is 0 Å². The van der Waals surface area contributed by atoms with Gasteiger partial charge in [-0.25, -0.2) is 0 Å². The second-order valence-corrected chi connectivity index (χ2v) is 4.39. The third-order valence-corrected chi connectivity index (χ3v) is 2.22. The van der Waals surface area contributed by atoms with Crippen molar-refractivity contribution in [1.82, 2.24) is 0 Å². The predicted molar refractivity (Wildman–Crippen MR) is 57.2 cm³/mol. The van der Waals surface area contributed by atoms with Crippen LogP contribution in [0.25, 0.3) is 0 Å². The van der Waals surface area contributed by atoms with Crippen molar-refractivity contribution in [2.75, 3.05) is 0 Å². The van der Waals surface area contributed by atoms with Gasteiger partial charge < -0.3 is 0 Å². The molecule has 0 aromatic heterocycles. The molecule has 0 radical (unpaired) electrons. The van der Waals surface area contributed by atoms with Crippen LogP contribution in [0, 0.1) is 23.2 Å². The Balaban J connectivity index is 3.65. The van der Waals surface area contributed by atoms with Crippen molar-refractivity contribution < 1.29 is 0 Å². The molecule has 0 heterocycles. The summed E-state index contributed by atoms with van der Waals surface area (Å²) in [6, 6.07) is 2.07. The lowest BCUT2D eigenvalue weighted by molar-refractivity contribution is 0.415. The fraction of sp³-hybridized carbons (Fsp3) is 0.750. The van der Waals surface area contributed by atoms with Gasteiger partial charge in [0, 0.05) is 6.08 Å². The van der Waals surface area contributed by atoms with Crippen LogP contribution in [0.4, 0.5) is 0 Å². The molecule has 0 saturated carbocycles. The second kappa shape index (κ2) is 6.71. The molecule has 0 aliphatic heterocycles. The normalized spacial score (nSPS) is 14.3. The van der Waals surface area contributed by atoms with Crippen LogP contribution in [0.1, 0.15) is 47.0 Å². The first-order valence-electron chi connectivity index (χ1n) is 5.11. The maximum absolute atomic E-state index is 8.42. The minimum absolute atomic E-state index is 0.780. The van der Waals surface area contributed by atoms with Gasteiger partial charge >= 0.3 is 0 Å². The average Bonchev–Trinajstić information content (AvgIpc) is 2.00. The van der Waals surface area contributed by atoms with Crippen LogP contribution in [0.5, 0.6) is 0 Å². The van der Waals surface area contributed by atoms with Gasteiger partial charge in [0.25, 0.3) is 0 Å². The minimum atomic E-state index is 0.780. The predicted octanol–water partition coefficient (Wildman–Crippen LogP) is 3.92. The number of hydrogen-bond donors (Lipinski definition) is 0. The summed E-state index contributed by atoms with van der Waals surface area (Å²) in [4.78, 5) is 0. The van der Waals surface area contributed by atoms with Crippen molar-refractivity contribution in [3.8, 4) is 6.07 Å². The molecule has 13 heavy (non-hydrogen) atoms. The fourth-order valence-electron chi connectivity index (χ4n) is 1.58. The largest absolute Gasteiger partial charge is 0.193 e. The number of allylic oxidation sites excluding steroid dienone is 2. The van der Waals surface area contributed by atoms with Crippen molar-refractivity contribution in [3.63, 3.8) is 0 Å². The molecule has 74 valence electrons. The highest BCUT2D eigenvalue weighted by atomic mass is 14.2. The summed E-state index contributed by atoms with van der Waals surface area (Å²) in [5.74, 6) is 1.57. The quantitative estimate of drug-likeness (QED) is 0.587. The summed E-state index contributed by atoms with van der Waals surface area (Å²) < 4.78 is 0. The molecule has 0 aromatic rings. The zero-order valence-electron chi connectivity index (χ0n) is 9.30. The van der Waals surface area contributed by atoms with Gasteiger partial charge in [0.15, 0.2) is 0 Å².